The van der Waals surface area contributed by atoms with Gasteiger partial charge in [-0.1, -0.05) is 35.9 Å². The third-order valence-corrected chi connectivity index (χ3v) is 8.98. The summed E-state index contributed by atoms with van der Waals surface area (Å²) in [4.78, 5) is 29.4. The predicted molar refractivity (Wildman–Crippen MR) is 134 cm³/mol. The van der Waals surface area contributed by atoms with Crippen molar-refractivity contribution in [3.05, 3.63) is 81.5 Å². The van der Waals surface area contributed by atoms with Gasteiger partial charge in [0.25, 0.3) is 11.8 Å². The van der Waals surface area contributed by atoms with Crippen molar-refractivity contribution in [2.45, 2.75) is 16.2 Å². The van der Waals surface area contributed by atoms with Gasteiger partial charge in [0.2, 0.25) is 0 Å². The molecule has 6 nitrogen and oxygen atoms in total. The van der Waals surface area contributed by atoms with Crippen LogP contribution in [-0.4, -0.2) is 48.4 Å². The van der Waals surface area contributed by atoms with Crippen molar-refractivity contribution in [2.75, 3.05) is 31.2 Å². The summed E-state index contributed by atoms with van der Waals surface area (Å²) < 4.78 is 5.38. The highest BCUT2D eigenvalue weighted by Gasteiger charge is 2.49. The van der Waals surface area contributed by atoms with Gasteiger partial charge in [-0.15, -0.1) is 11.8 Å². The quantitative estimate of drug-likeness (QED) is 0.498. The number of rotatable bonds is 6. The molecule has 0 saturated carbocycles. The number of benzene rings is 2. The molecule has 1 aromatic heterocycles. The fourth-order valence-electron chi connectivity index (χ4n) is 4.74. The van der Waals surface area contributed by atoms with Gasteiger partial charge in [-0.05, 0) is 52.2 Å². The zero-order valence-electron chi connectivity index (χ0n) is 18.1. The number of carbonyl (C=O) groups is 2. The first kappa shape index (κ1) is 22.0. The third kappa shape index (κ3) is 3.79. The zero-order valence-corrected chi connectivity index (χ0v) is 20.5. The summed E-state index contributed by atoms with van der Waals surface area (Å²) in [5, 5.41) is 5.11. The Hall–Kier alpha value is -2.52. The molecular formula is C25H22ClN3O3S2. The average Bonchev–Trinajstić information content (AvgIpc) is 3.39. The molecule has 174 valence electrons. The maximum atomic E-state index is 13.4. The number of hydrazine groups is 1. The average molecular weight is 512 g/mol. The SMILES string of the molecule is O=C1NN(C(c2ccc(N3CC4(COC4)C3)cc2)c2ccsc2)C(=O)C1Sc1ccccc1Cl. The van der Waals surface area contributed by atoms with Crippen molar-refractivity contribution in [3.8, 4) is 0 Å². The summed E-state index contributed by atoms with van der Waals surface area (Å²) in [6, 6.07) is 17.1. The number of thiophene rings is 1. The van der Waals surface area contributed by atoms with Crippen molar-refractivity contribution in [2.24, 2.45) is 5.41 Å². The van der Waals surface area contributed by atoms with Gasteiger partial charge in [0, 0.05) is 23.7 Å². The van der Waals surface area contributed by atoms with Gasteiger partial charge < -0.3 is 9.64 Å². The van der Waals surface area contributed by atoms with E-state index in [1.807, 2.05) is 47.2 Å². The number of hydrogen-bond acceptors (Lipinski definition) is 6. The molecule has 0 bridgehead atoms. The smallest absolute Gasteiger partial charge is 0.265 e. The van der Waals surface area contributed by atoms with Gasteiger partial charge in [-0.25, -0.2) is 5.01 Å². The Bertz CT molecular complexity index is 1220. The summed E-state index contributed by atoms with van der Waals surface area (Å²) in [5.74, 6) is -0.606. The fraction of sp³-hybridized carbons (Fsp3) is 0.280. The van der Waals surface area contributed by atoms with E-state index >= 15 is 0 Å². The fourth-order valence-corrected chi connectivity index (χ4v) is 6.66. The lowest BCUT2D eigenvalue weighted by Crippen LogP contribution is -2.66. The van der Waals surface area contributed by atoms with Crippen LogP contribution in [0.15, 0.2) is 70.3 Å². The molecule has 3 fully saturated rings. The first-order valence-corrected chi connectivity index (χ1v) is 13.2. The van der Waals surface area contributed by atoms with Crippen molar-refractivity contribution in [1.82, 2.24) is 10.4 Å². The maximum absolute atomic E-state index is 13.4. The van der Waals surface area contributed by atoms with Crippen LogP contribution in [-0.2, 0) is 14.3 Å². The zero-order chi connectivity index (χ0) is 23.3. The highest BCUT2D eigenvalue weighted by atomic mass is 35.5. The van der Waals surface area contributed by atoms with E-state index in [1.54, 1.807) is 17.4 Å². The molecule has 2 aromatic carbocycles. The minimum atomic E-state index is -0.887. The molecule has 3 aliphatic heterocycles. The molecule has 6 rings (SSSR count). The molecule has 2 atom stereocenters. The van der Waals surface area contributed by atoms with Gasteiger partial charge in [-0.3, -0.25) is 15.0 Å². The molecule has 2 unspecified atom stereocenters. The number of nitrogens with zero attached hydrogens (tertiary/aromatic N) is 2. The Morgan fingerprint density at radius 1 is 1.06 bits per heavy atom. The Balaban J connectivity index is 1.25. The third-order valence-electron chi connectivity index (χ3n) is 6.57. The van der Waals surface area contributed by atoms with E-state index in [4.69, 9.17) is 16.3 Å². The summed E-state index contributed by atoms with van der Waals surface area (Å²) in [6.07, 6.45) is 0. The summed E-state index contributed by atoms with van der Waals surface area (Å²) in [6.45, 7) is 3.74. The molecule has 3 aromatic rings. The van der Waals surface area contributed by atoms with Crippen LogP contribution in [0.3, 0.4) is 0 Å². The lowest BCUT2D eigenvalue weighted by molar-refractivity contribution is -0.131. The van der Waals surface area contributed by atoms with Crippen LogP contribution in [0.5, 0.6) is 0 Å². The Morgan fingerprint density at radius 3 is 2.47 bits per heavy atom. The van der Waals surface area contributed by atoms with Gasteiger partial charge in [0.15, 0.2) is 5.25 Å². The first-order chi connectivity index (χ1) is 16.5. The highest BCUT2D eigenvalue weighted by Crippen LogP contribution is 2.41. The van der Waals surface area contributed by atoms with Crippen LogP contribution in [0.4, 0.5) is 5.69 Å². The predicted octanol–water partition coefficient (Wildman–Crippen LogP) is 4.36. The molecule has 2 amide bonds. The number of thioether (sulfide) groups is 1. The lowest BCUT2D eigenvalue weighted by Gasteiger charge is -2.56. The number of hydrogen-bond donors (Lipinski definition) is 1. The molecule has 4 heterocycles. The van der Waals surface area contributed by atoms with Crippen molar-refractivity contribution in [1.29, 1.82) is 0 Å². The topological polar surface area (TPSA) is 61.9 Å². The van der Waals surface area contributed by atoms with Crippen LogP contribution >= 0.6 is 34.7 Å². The summed E-state index contributed by atoms with van der Waals surface area (Å²) in [7, 11) is 0. The number of anilines is 1. The molecule has 3 aliphatic rings. The normalized spacial score (nSPS) is 21.9. The second-order valence-electron chi connectivity index (χ2n) is 9.01. The molecule has 9 heteroatoms. The van der Waals surface area contributed by atoms with E-state index < -0.39 is 11.3 Å². The Labute approximate surface area is 210 Å². The molecule has 1 spiro atoms. The standard InChI is InChI=1S/C25H22ClN3O3S2/c26-19-3-1-2-4-20(19)34-22-23(30)27-29(24(22)31)21(17-9-10-33-11-17)16-5-7-18(8-6-16)28-12-25(13-28)14-32-15-25/h1-11,21-22H,12-15H2,(H,27,30). The van der Waals surface area contributed by atoms with E-state index in [9.17, 15) is 9.59 Å². The Morgan fingerprint density at radius 2 is 1.82 bits per heavy atom. The van der Waals surface area contributed by atoms with Crippen LogP contribution in [0.2, 0.25) is 5.02 Å². The van der Waals surface area contributed by atoms with Crippen molar-refractivity contribution >= 4 is 52.2 Å². The van der Waals surface area contributed by atoms with E-state index in [0.29, 0.717) is 15.3 Å². The van der Waals surface area contributed by atoms with Gasteiger partial charge in [0.1, 0.15) is 6.04 Å². The van der Waals surface area contributed by atoms with Crippen LogP contribution in [0, 0.1) is 5.41 Å². The molecule has 0 radical (unpaired) electrons. The maximum Gasteiger partial charge on any atom is 0.265 e. The first-order valence-electron chi connectivity index (χ1n) is 11.0. The second kappa shape index (κ2) is 8.61. The summed E-state index contributed by atoms with van der Waals surface area (Å²) in [5.41, 5.74) is 6.24. The lowest BCUT2D eigenvalue weighted by atomic mass is 9.77. The molecule has 34 heavy (non-hydrogen) atoms. The minimum Gasteiger partial charge on any atom is -0.380 e. The summed E-state index contributed by atoms with van der Waals surface area (Å²) >= 11 is 9.02. The van der Waals surface area contributed by atoms with Crippen LogP contribution < -0.4 is 10.3 Å². The Kier molecular flexibility index (Phi) is 5.56. The van der Waals surface area contributed by atoms with Crippen molar-refractivity contribution in [3.63, 3.8) is 0 Å². The van der Waals surface area contributed by atoms with E-state index in [0.717, 1.165) is 43.1 Å². The number of amides is 2. The number of halogens is 1. The van der Waals surface area contributed by atoms with Gasteiger partial charge in [-0.2, -0.15) is 11.3 Å². The van der Waals surface area contributed by atoms with Crippen LogP contribution in [0.1, 0.15) is 17.2 Å². The molecule has 0 aliphatic carbocycles. The van der Waals surface area contributed by atoms with E-state index in [1.165, 1.54) is 16.8 Å². The molecular weight excluding hydrogens is 490 g/mol. The highest BCUT2D eigenvalue weighted by molar-refractivity contribution is 8.01. The largest absolute Gasteiger partial charge is 0.380 e. The van der Waals surface area contributed by atoms with E-state index in [-0.39, 0.29) is 11.8 Å². The number of carbonyl (C=O) groups excluding carboxylic acids is 2. The second-order valence-corrected chi connectivity index (χ2v) is 11.3. The number of ether oxygens (including phenoxy) is 1. The molecule has 1 N–H and O–H groups in total. The van der Waals surface area contributed by atoms with E-state index in [2.05, 4.69) is 22.5 Å². The monoisotopic (exact) mass is 511 g/mol. The van der Waals surface area contributed by atoms with Crippen molar-refractivity contribution < 1.29 is 14.3 Å². The molecule has 3 saturated heterocycles. The minimum absolute atomic E-state index is 0.273. The van der Waals surface area contributed by atoms with Gasteiger partial charge in [0.05, 0.1) is 23.7 Å². The van der Waals surface area contributed by atoms with Gasteiger partial charge >= 0.3 is 0 Å². The number of nitrogens with one attached hydrogen (secondary N) is 1. The van der Waals surface area contributed by atoms with Crippen LogP contribution in [0.25, 0.3) is 0 Å².